The van der Waals surface area contributed by atoms with E-state index in [2.05, 4.69) is 10.1 Å². The Bertz CT molecular complexity index is 929. The molecule has 9 nitrogen and oxygen atoms in total. The first-order valence-electron chi connectivity index (χ1n) is 8.00. The molecular formula is C15H18N6O3S. The molecule has 10 heteroatoms. The minimum atomic E-state index is -0.368. The lowest BCUT2D eigenvalue weighted by molar-refractivity contribution is -0.389. The Morgan fingerprint density at radius 1 is 1.48 bits per heavy atom. The molecule has 1 aliphatic rings. The average Bonchev–Trinajstić information content (AvgIpc) is 3.21. The second-order valence-electron chi connectivity index (χ2n) is 6.12. The number of aromatic nitrogens is 4. The fourth-order valence-electron chi connectivity index (χ4n) is 3.22. The monoisotopic (exact) mass is 362 g/mol. The molecule has 0 aromatic carbocycles. The summed E-state index contributed by atoms with van der Waals surface area (Å²) in [5.74, 6) is 0.432. The van der Waals surface area contributed by atoms with E-state index in [1.165, 1.54) is 15.7 Å². The molecule has 3 aromatic heterocycles. The number of aryl methyl sites for hydroxylation is 2. The largest absolute Gasteiger partial charge is 0.373 e. The Morgan fingerprint density at radius 3 is 3.04 bits per heavy atom. The van der Waals surface area contributed by atoms with Gasteiger partial charge in [0.25, 0.3) is 4.96 Å². The van der Waals surface area contributed by atoms with Crippen molar-refractivity contribution >= 4 is 27.9 Å². The first-order chi connectivity index (χ1) is 12.0. The van der Waals surface area contributed by atoms with Crippen LogP contribution in [0.4, 0.5) is 11.6 Å². The third-order valence-electron chi connectivity index (χ3n) is 4.31. The number of morpholine rings is 1. The third-order valence-corrected chi connectivity index (χ3v) is 5.07. The van der Waals surface area contributed by atoms with Gasteiger partial charge in [0.05, 0.1) is 24.9 Å². The zero-order valence-electron chi connectivity index (χ0n) is 14.0. The van der Waals surface area contributed by atoms with Crippen LogP contribution in [0.3, 0.4) is 0 Å². The van der Waals surface area contributed by atoms with Crippen LogP contribution in [-0.2, 0) is 11.3 Å². The molecule has 3 aromatic rings. The number of nitro groups is 1. The van der Waals surface area contributed by atoms with Crippen LogP contribution in [-0.4, -0.2) is 49.9 Å². The fourth-order valence-corrected chi connectivity index (χ4v) is 3.92. The Labute approximate surface area is 147 Å². The number of hydrogen-bond acceptors (Lipinski definition) is 7. The number of nitrogens with zero attached hydrogens (tertiary/aromatic N) is 6. The Hall–Kier alpha value is -2.46. The Kier molecular flexibility index (Phi) is 3.92. The number of anilines is 1. The molecule has 4 heterocycles. The van der Waals surface area contributed by atoms with Crippen molar-refractivity contribution in [2.75, 3.05) is 24.6 Å². The standard InChI is InChI=1S/C15H18N6O3S/c1-10-7-11(2)20(17-10)9-12-8-18(3-5-24-12)13-14(21(22)23)19-4-6-25-15(19)16-13/h4,6-7,12H,3,5,8-9H2,1-2H3. The van der Waals surface area contributed by atoms with Crippen molar-refractivity contribution in [3.63, 3.8) is 0 Å². The van der Waals surface area contributed by atoms with Crippen LogP contribution in [0.2, 0.25) is 0 Å². The van der Waals surface area contributed by atoms with Gasteiger partial charge in [0.2, 0.25) is 5.82 Å². The molecule has 0 bridgehead atoms. The quantitative estimate of drug-likeness (QED) is 0.521. The summed E-state index contributed by atoms with van der Waals surface area (Å²) in [6.07, 6.45) is 1.59. The molecular weight excluding hydrogens is 344 g/mol. The van der Waals surface area contributed by atoms with E-state index in [1.807, 2.05) is 29.5 Å². The average molecular weight is 362 g/mol. The smallest absolute Gasteiger partial charge is 0.373 e. The molecule has 0 N–H and O–H groups in total. The van der Waals surface area contributed by atoms with E-state index < -0.39 is 0 Å². The van der Waals surface area contributed by atoms with Gasteiger partial charge in [-0.05, 0) is 24.8 Å². The molecule has 0 amide bonds. The van der Waals surface area contributed by atoms with Gasteiger partial charge in [-0.2, -0.15) is 14.5 Å². The van der Waals surface area contributed by atoms with E-state index in [0.29, 0.717) is 37.0 Å². The molecule has 0 spiro atoms. The highest BCUT2D eigenvalue weighted by Crippen LogP contribution is 2.32. The number of fused-ring (bicyclic) bond motifs is 1. The highest BCUT2D eigenvalue weighted by Gasteiger charge is 2.31. The number of rotatable bonds is 4. The lowest BCUT2D eigenvalue weighted by Gasteiger charge is -2.32. The maximum atomic E-state index is 11.5. The van der Waals surface area contributed by atoms with Crippen molar-refractivity contribution < 1.29 is 9.66 Å². The van der Waals surface area contributed by atoms with E-state index in [4.69, 9.17) is 4.74 Å². The summed E-state index contributed by atoms with van der Waals surface area (Å²) in [5, 5.41) is 17.8. The van der Waals surface area contributed by atoms with Gasteiger partial charge in [-0.1, -0.05) is 11.3 Å². The molecule has 1 fully saturated rings. The van der Waals surface area contributed by atoms with Gasteiger partial charge in [-0.25, -0.2) is 0 Å². The maximum absolute atomic E-state index is 11.5. The zero-order valence-corrected chi connectivity index (χ0v) is 14.8. The minimum Gasteiger partial charge on any atom is -0.373 e. The normalized spacial score (nSPS) is 18.2. The number of thiazole rings is 1. The highest BCUT2D eigenvalue weighted by molar-refractivity contribution is 7.15. The number of imidazole rings is 1. The zero-order chi connectivity index (χ0) is 17.6. The molecule has 0 aliphatic carbocycles. The summed E-state index contributed by atoms with van der Waals surface area (Å²) in [5.41, 5.74) is 2.04. The lowest BCUT2D eigenvalue weighted by Crippen LogP contribution is -2.45. The van der Waals surface area contributed by atoms with Crippen LogP contribution in [0, 0.1) is 24.0 Å². The van der Waals surface area contributed by atoms with Crippen molar-refractivity contribution in [2.45, 2.75) is 26.5 Å². The van der Waals surface area contributed by atoms with Crippen LogP contribution in [0.15, 0.2) is 17.6 Å². The molecule has 1 aliphatic heterocycles. The van der Waals surface area contributed by atoms with E-state index >= 15 is 0 Å². The molecule has 1 atom stereocenters. The van der Waals surface area contributed by atoms with Crippen LogP contribution in [0.5, 0.6) is 0 Å². The summed E-state index contributed by atoms with van der Waals surface area (Å²) in [4.78, 5) is 18.2. The summed E-state index contributed by atoms with van der Waals surface area (Å²) >= 11 is 1.39. The maximum Gasteiger partial charge on any atom is 0.373 e. The lowest BCUT2D eigenvalue weighted by atomic mass is 10.2. The summed E-state index contributed by atoms with van der Waals surface area (Å²) < 4.78 is 9.30. The van der Waals surface area contributed by atoms with E-state index in [-0.39, 0.29) is 16.8 Å². The summed E-state index contributed by atoms with van der Waals surface area (Å²) in [6, 6.07) is 2.02. The molecule has 1 unspecified atom stereocenters. The molecule has 0 saturated carbocycles. The van der Waals surface area contributed by atoms with Crippen molar-refractivity contribution in [2.24, 2.45) is 0 Å². The van der Waals surface area contributed by atoms with E-state index in [1.54, 1.807) is 11.6 Å². The molecule has 1 saturated heterocycles. The van der Waals surface area contributed by atoms with Crippen molar-refractivity contribution in [3.8, 4) is 0 Å². The SMILES string of the molecule is Cc1cc(C)n(CC2CN(c3nc4sccn4c3[N+](=O)[O-])CCO2)n1. The van der Waals surface area contributed by atoms with Gasteiger partial charge >= 0.3 is 5.82 Å². The van der Waals surface area contributed by atoms with Crippen molar-refractivity contribution in [1.82, 2.24) is 19.2 Å². The van der Waals surface area contributed by atoms with Gasteiger partial charge in [-0.15, -0.1) is 0 Å². The third kappa shape index (κ3) is 2.87. The van der Waals surface area contributed by atoms with Gasteiger partial charge in [0, 0.05) is 24.2 Å². The second-order valence-corrected chi connectivity index (χ2v) is 6.99. The summed E-state index contributed by atoms with van der Waals surface area (Å²) in [6.45, 7) is 6.22. The molecule has 25 heavy (non-hydrogen) atoms. The fraction of sp³-hybridized carbons (Fsp3) is 0.467. The Morgan fingerprint density at radius 2 is 2.32 bits per heavy atom. The van der Waals surface area contributed by atoms with Gasteiger partial charge in [-0.3, -0.25) is 4.68 Å². The number of ether oxygens (including phenoxy) is 1. The molecule has 132 valence electrons. The molecule has 4 rings (SSSR count). The van der Waals surface area contributed by atoms with Crippen LogP contribution in [0.1, 0.15) is 11.4 Å². The topological polar surface area (TPSA) is 90.7 Å². The van der Waals surface area contributed by atoms with Gasteiger partial charge in [0.15, 0.2) is 0 Å². The molecule has 0 radical (unpaired) electrons. The predicted octanol–water partition coefficient (Wildman–Crippen LogP) is 2.02. The second kappa shape index (κ2) is 6.12. The summed E-state index contributed by atoms with van der Waals surface area (Å²) in [7, 11) is 0. The van der Waals surface area contributed by atoms with E-state index in [9.17, 15) is 10.1 Å². The minimum absolute atomic E-state index is 0.0167. The van der Waals surface area contributed by atoms with Crippen LogP contribution < -0.4 is 4.90 Å². The Balaban J connectivity index is 1.59. The van der Waals surface area contributed by atoms with Gasteiger partial charge in [0.1, 0.15) is 6.20 Å². The highest BCUT2D eigenvalue weighted by atomic mass is 32.1. The van der Waals surface area contributed by atoms with Crippen molar-refractivity contribution in [1.29, 1.82) is 0 Å². The van der Waals surface area contributed by atoms with Crippen molar-refractivity contribution in [3.05, 3.63) is 39.1 Å². The van der Waals surface area contributed by atoms with Crippen LogP contribution >= 0.6 is 11.3 Å². The first-order valence-corrected chi connectivity index (χ1v) is 8.88. The number of hydrogen-bond donors (Lipinski definition) is 0. The predicted molar refractivity (Wildman–Crippen MR) is 93.4 cm³/mol. The van der Waals surface area contributed by atoms with Gasteiger partial charge < -0.3 is 19.8 Å². The first kappa shape index (κ1) is 16.0. The van der Waals surface area contributed by atoms with Crippen LogP contribution in [0.25, 0.3) is 4.96 Å². The van der Waals surface area contributed by atoms with E-state index in [0.717, 1.165) is 11.4 Å².